The number of aromatic nitrogens is 4. The number of H-pyrrole nitrogens is 2. The number of anilines is 1. The molecule has 0 aliphatic carbocycles. The van der Waals surface area contributed by atoms with Crippen LogP contribution >= 0.6 is 0 Å². The predicted octanol–water partition coefficient (Wildman–Crippen LogP) is 7.55. The Balaban J connectivity index is 0.000000236. The SMILES string of the molecule is C1=Cc2cc3ccc(cc4ccc(cc5nc(cc1n2)C=C5)[nH]4)[nH]3.Nc1ccccc1CCc1ccccc1.[H-].[H-].[Mg+2]. The summed E-state index contributed by atoms with van der Waals surface area (Å²) in [5, 5.41) is 0. The average molecular weight is 534 g/mol. The van der Waals surface area contributed by atoms with Crippen LogP contribution in [0.3, 0.4) is 0 Å². The third-order valence-electron chi connectivity index (χ3n) is 6.62. The first-order chi connectivity index (χ1) is 19.2. The second-order valence-electron chi connectivity index (χ2n) is 9.59. The number of para-hydroxylation sites is 1. The second-order valence-corrected chi connectivity index (χ2v) is 9.59. The van der Waals surface area contributed by atoms with Crippen LogP contribution in [-0.2, 0) is 12.8 Å². The summed E-state index contributed by atoms with van der Waals surface area (Å²) in [7, 11) is 0. The third-order valence-corrected chi connectivity index (χ3v) is 6.62. The minimum atomic E-state index is 0. The minimum Gasteiger partial charge on any atom is -1.00 e. The Bertz CT molecular complexity index is 1750. The van der Waals surface area contributed by atoms with E-state index >= 15 is 0 Å². The van der Waals surface area contributed by atoms with Crippen LogP contribution in [0.5, 0.6) is 0 Å². The van der Waals surface area contributed by atoms with E-state index in [4.69, 9.17) is 5.73 Å². The van der Waals surface area contributed by atoms with Crippen molar-refractivity contribution in [2.75, 3.05) is 5.73 Å². The van der Waals surface area contributed by atoms with E-state index in [-0.39, 0.29) is 25.9 Å². The van der Waals surface area contributed by atoms with Crippen LogP contribution in [0.2, 0.25) is 0 Å². The van der Waals surface area contributed by atoms with Crippen LogP contribution in [0.15, 0.2) is 103 Å². The van der Waals surface area contributed by atoms with Crippen molar-refractivity contribution < 1.29 is 2.85 Å². The molecule has 0 radical (unpaired) electrons. The molecule has 8 bridgehead atoms. The molecule has 0 saturated heterocycles. The fourth-order valence-corrected chi connectivity index (χ4v) is 4.63. The van der Waals surface area contributed by atoms with Gasteiger partial charge in [-0.15, -0.1) is 0 Å². The van der Waals surface area contributed by atoms with Crippen molar-refractivity contribution in [2.45, 2.75) is 12.8 Å². The normalized spacial score (nSPS) is 11.4. The molecule has 194 valence electrons. The first-order valence-electron chi connectivity index (χ1n) is 13.1. The van der Waals surface area contributed by atoms with E-state index in [9.17, 15) is 0 Å². The summed E-state index contributed by atoms with van der Waals surface area (Å²) in [6, 6.07) is 35.0. The zero-order chi connectivity index (χ0) is 26.4. The molecule has 5 aromatic rings. The summed E-state index contributed by atoms with van der Waals surface area (Å²) >= 11 is 0. The van der Waals surface area contributed by atoms with Gasteiger partial charge < -0.3 is 18.6 Å². The van der Waals surface area contributed by atoms with Crippen molar-refractivity contribution in [1.29, 1.82) is 0 Å². The molecule has 3 aromatic heterocycles. The zero-order valence-electron chi connectivity index (χ0n) is 24.2. The molecule has 0 spiro atoms. The van der Waals surface area contributed by atoms with Crippen molar-refractivity contribution in [2.24, 2.45) is 0 Å². The van der Waals surface area contributed by atoms with Gasteiger partial charge in [-0.05, 0) is 103 Å². The summed E-state index contributed by atoms with van der Waals surface area (Å²) in [5.74, 6) is 0. The quantitative estimate of drug-likeness (QED) is 0.162. The van der Waals surface area contributed by atoms with Crippen LogP contribution in [0.1, 0.15) is 36.8 Å². The number of nitrogens with two attached hydrogens (primary N) is 1. The molecule has 2 aliphatic rings. The van der Waals surface area contributed by atoms with Crippen LogP contribution in [0, 0.1) is 0 Å². The monoisotopic (exact) mass is 533 g/mol. The molecule has 7 rings (SSSR count). The fraction of sp³-hybridized carbons (Fsp3) is 0.0588. The van der Waals surface area contributed by atoms with Gasteiger partial charge >= 0.3 is 23.1 Å². The molecular weight excluding hydrogens is 503 g/mol. The first-order valence-corrected chi connectivity index (χ1v) is 13.1. The van der Waals surface area contributed by atoms with Crippen molar-refractivity contribution in [3.05, 3.63) is 137 Å². The Morgan fingerprint density at radius 3 is 1.55 bits per heavy atom. The van der Waals surface area contributed by atoms with Crippen molar-refractivity contribution in [1.82, 2.24) is 19.9 Å². The first kappa shape index (κ1) is 27.2. The summed E-state index contributed by atoms with van der Waals surface area (Å²) in [5.41, 5.74) is 17.2. The van der Waals surface area contributed by atoms with Crippen molar-refractivity contribution in [3.63, 3.8) is 0 Å². The molecule has 4 N–H and O–H groups in total. The smallest absolute Gasteiger partial charge is 1.00 e. The molecule has 0 atom stereocenters. The summed E-state index contributed by atoms with van der Waals surface area (Å²) < 4.78 is 0. The maximum absolute atomic E-state index is 5.88. The zero-order valence-corrected chi connectivity index (χ0v) is 23.6. The molecular formula is C34H31MgN5. The van der Waals surface area contributed by atoms with Crippen LogP contribution < -0.4 is 5.73 Å². The number of nitrogens with zero attached hydrogens (tertiary/aromatic N) is 2. The van der Waals surface area contributed by atoms with Crippen LogP contribution in [0.4, 0.5) is 5.69 Å². The molecule has 2 aliphatic heterocycles. The van der Waals surface area contributed by atoms with Gasteiger partial charge in [0.25, 0.3) is 0 Å². The van der Waals surface area contributed by atoms with Gasteiger partial charge in [0, 0.05) is 27.8 Å². The Kier molecular flexibility index (Phi) is 8.59. The maximum atomic E-state index is 5.88. The molecule has 0 unspecified atom stereocenters. The Labute approximate surface area is 252 Å². The van der Waals surface area contributed by atoms with Gasteiger partial charge in [-0.2, -0.15) is 0 Å². The van der Waals surface area contributed by atoms with Gasteiger partial charge in [-0.25, -0.2) is 9.97 Å². The van der Waals surface area contributed by atoms with Crippen LogP contribution in [0.25, 0.3) is 46.4 Å². The van der Waals surface area contributed by atoms with E-state index in [2.05, 4.69) is 80.6 Å². The van der Waals surface area contributed by atoms with E-state index in [0.717, 1.165) is 63.4 Å². The van der Waals surface area contributed by atoms with E-state index in [1.165, 1.54) is 11.1 Å². The van der Waals surface area contributed by atoms with Crippen molar-refractivity contribution >= 4 is 75.1 Å². The van der Waals surface area contributed by atoms with Gasteiger partial charge in [-0.3, -0.25) is 0 Å². The van der Waals surface area contributed by atoms with E-state index in [1.54, 1.807) is 0 Å². The number of benzene rings is 2. The number of nitrogens with one attached hydrogen (secondary N) is 2. The molecule has 0 saturated carbocycles. The standard InChI is InChI=1S/C20H14N4.C14H15N.Mg.2H/c1-2-14-10-16-5-6-18(23-16)12-20-8-7-19(24-20)11-17-4-3-15(22-17)9-13(1)21-14;15-14-9-5-4-8-13(14)11-10-12-6-2-1-3-7-12;;;/h1-12,21-22H;1-9H,10-11,15H2;;;/q;;+2;2*-1. The Morgan fingerprint density at radius 2 is 1.00 bits per heavy atom. The predicted molar refractivity (Wildman–Crippen MR) is 172 cm³/mol. The summed E-state index contributed by atoms with van der Waals surface area (Å²) in [6.07, 6.45) is 10.1. The number of rotatable bonds is 3. The number of fused-ring (bicyclic) bond motifs is 8. The number of hydrogen-bond acceptors (Lipinski definition) is 3. The summed E-state index contributed by atoms with van der Waals surface area (Å²) in [4.78, 5) is 16.0. The molecule has 5 heterocycles. The van der Waals surface area contributed by atoms with Crippen LogP contribution in [-0.4, -0.2) is 43.0 Å². The number of hydrogen-bond donors (Lipinski definition) is 3. The Hall–Kier alpha value is -4.39. The second kappa shape index (κ2) is 12.6. The van der Waals surface area contributed by atoms with E-state index in [0.29, 0.717) is 0 Å². The van der Waals surface area contributed by atoms with Gasteiger partial charge in [0.15, 0.2) is 0 Å². The van der Waals surface area contributed by atoms with Gasteiger partial charge in [0.2, 0.25) is 0 Å². The molecule has 2 aromatic carbocycles. The molecule has 6 heteroatoms. The van der Waals surface area contributed by atoms with Gasteiger partial charge in [0.05, 0.1) is 22.8 Å². The van der Waals surface area contributed by atoms with E-state index < -0.39 is 0 Å². The van der Waals surface area contributed by atoms with Gasteiger partial charge in [-0.1, -0.05) is 48.5 Å². The maximum Gasteiger partial charge on any atom is 2.00 e. The minimum absolute atomic E-state index is 0. The Morgan fingerprint density at radius 1 is 0.525 bits per heavy atom. The number of aryl methyl sites for hydroxylation is 2. The molecule has 5 nitrogen and oxygen atoms in total. The third kappa shape index (κ3) is 6.97. The summed E-state index contributed by atoms with van der Waals surface area (Å²) in [6.45, 7) is 0. The largest absolute Gasteiger partial charge is 2.00 e. The van der Waals surface area contributed by atoms with Crippen molar-refractivity contribution in [3.8, 4) is 0 Å². The molecule has 40 heavy (non-hydrogen) atoms. The fourth-order valence-electron chi connectivity index (χ4n) is 4.63. The number of nitrogen functional groups attached to an aromatic ring is 1. The average Bonchev–Trinajstić information content (AvgIpc) is 3.76. The van der Waals surface area contributed by atoms with E-state index in [1.807, 2.05) is 66.8 Å². The topological polar surface area (TPSA) is 83.4 Å². The molecule has 0 fully saturated rings. The van der Waals surface area contributed by atoms with Gasteiger partial charge in [0.1, 0.15) is 0 Å². The molecule has 0 amide bonds. The number of aromatic amines is 2.